The molecule has 3 rings (SSSR count). The number of carbonyl (C=O) groups is 1. The van der Waals surface area contributed by atoms with Crippen LogP contribution < -0.4 is 4.72 Å². The summed E-state index contributed by atoms with van der Waals surface area (Å²) < 4.78 is 32.2. The molecular formula is C18H16N2O4S2. The van der Waals surface area contributed by atoms with E-state index < -0.39 is 16.0 Å². The molecule has 26 heavy (non-hydrogen) atoms. The van der Waals surface area contributed by atoms with Crippen molar-refractivity contribution in [3.05, 3.63) is 71.2 Å². The Morgan fingerprint density at radius 3 is 2.58 bits per heavy atom. The molecule has 0 saturated heterocycles. The van der Waals surface area contributed by atoms with Gasteiger partial charge in [0.05, 0.1) is 28.1 Å². The van der Waals surface area contributed by atoms with Crippen LogP contribution >= 0.6 is 11.3 Å². The average Bonchev–Trinajstić information content (AvgIpc) is 3.21. The second-order valence-corrected chi connectivity index (χ2v) is 8.04. The number of pyridine rings is 1. The lowest BCUT2D eigenvalue weighted by molar-refractivity contribution is 0.0600. The molecule has 2 aromatic heterocycles. The molecule has 0 bridgehead atoms. The summed E-state index contributed by atoms with van der Waals surface area (Å²) in [6.07, 6.45) is 1.68. The molecule has 0 aliphatic rings. The summed E-state index contributed by atoms with van der Waals surface area (Å²) in [4.78, 5) is 16.9. The van der Waals surface area contributed by atoms with Crippen LogP contribution in [0.15, 0.2) is 65.0 Å². The number of methoxy groups -OCH3 is 1. The second-order valence-electron chi connectivity index (χ2n) is 5.33. The Morgan fingerprint density at radius 2 is 1.92 bits per heavy atom. The normalized spacial score (nSPS) is 11.3. The first-order chi connectivity index (χ1) is 12.5. The number of nitrogens with one attached hydrogen (secondary N) is 1. The van der Waals surface area contributed by atoms with Gasteiger partial charge in [0.2, 0.25) is 10.0 Å². The average molecular weight is 388 g/mol. The lowest BCUT2D eigenvalue weighted by Crippen LogP contribution is -2.23. The molecule has 2 heterocycles. The predicted octanol–water partition coefficient (Wildman–Crippen LogP) is 3.08. The number of esters is 1. The fraction of sp³-hybridized carbons (Fsp3) is 0.111. The van der Waals surface area contributed by atoms with Gasteiger partial charge >= 0.3 is 5.97 Å². The van der Waals surface area contributed by atoms with Crippen LogP contribution in [0.1, 0.15) is 15.9 Å². The molecule has 6 nitrogen and oxygen atoms in total. The zero-order valence-corrected chi connectivity index (χ0v) is 15.5. The molecule has 3 aromatic rings. The Hall–Kier alpha value is -2.55. The molecule has 0 amide bonds. The van der Waals surface area contributed by atoms with Gasteiger partial charge in [-0.25, -0.2) is 17.9 Å². The van der Waals surface area contributed by atoms with Gasteiger partial charge in [0.15, 0.2) is 0 Å². The Labute approximate surface area is 155 Å². The summed E-state index contributed by atoms with van der Waals surface area (Å²) in [6, 6.07) is 13.1. The van der Waals surface area contributed by atoms with Crippen molar-refractivity contribution in [3.8, 4) is 10.6 Å². The fourth-order valence-corrected chi connectivity index (χ4v) is 4.12. The number of aromatic nitrogens is 1. The molecule has 0 radical (unpaired) electrons. The van der Waals surface area contributed by atoms with Gasteiger partial charge in [-0.15, -0.1) is 11.3 Å². The maximum atomic E-state index is 12.5. The summed E-state index contributed by atoms with van der Waals surface area (Å²) in [7, 11) is -2.45. The van der Waals surface area contributed by atoms with Gasteiger partial charge in [0.1, 0.15) is 0 Å². The van der Waals surface area contributed by atoms with Crippen molar-refractivity contribution in [2.24, 2.45) is 0 Å². The first kappa shape index (κ1) is 18.2. The summed E-state index contributed by atoms with van der Waals surface area (Å²) in [6.45, 7) is 0.113. The number of hydrogen-bond acceptors (Lipinski definition) is 6. The minimum absolute atomic E-state index is 0.0757. The lowest BCUT2D eigenvalue weighted by atomic mass is 10.2. The van der Waals surface area contributed by atoms with Crippen molar-refractivity contribution in [1.82, 2.24) is 9.71 Å². The number of carbonyl (C=O) groups excluding carboxylic acids is 1. The van der Waals surface area contributed by atoms with E-state index in [1.165, 1.54) is 31.4 Å². The third kappa shape index (κ3) is 3.98. The lowest BCUT2D eigenvalue weighted by Gasteiger charge is -2.10. The van der Waals surface area contributed by atoms with Crippen molar-refractivity contribution in [2.75, 3.05) is 7.11 Å². The van der Waals surface area contributed by atoms with E-state index in [0.717, 1.165) is 16.1 Å². The number of rotatable bonds is 6. The number of sulfonamides is 1. The second kappa shape index (κ2) is 7.77. The number of ether oxygens (including phenoxy) is 1. The molecule has 0 spiro atoms. The van der Waals surface area contributed by atoms with Crippen LogP contribution in [0.3, 0.4) is 0 Å². The molecule has 1 N–H and O–H groups in total. The van der Waals surface area contributed by atoms with Crippen LogP contribution in [-0.4, -0.2) is 26.5 Å². The van der Waals surface area contributed by atoms with Crippen LogP contribution in [0.2, 0.25) is 0 Å². The third-order valence-corrected chi connectivity index (χ3v) is 5.98. The van der Waals surface area contributed by atoms with Crippen molar-refractivity contribution in [2.45, 2.75) is 11.4 Å². The summed E-state index contributed by atoms with van der Waals surface area (Å²) >= 11 is 1.54. The Bertz CT molecular complexity index is 998. The standard InChI is InChI=1S/C18H16N2O4S2/c1-24-18(21)13-6-8-15(9-7-13)26(22,23)20-12-14-4-2-10-19-17(14)16-5-3-11-25-16/h2-11,20H,12H2,1H3. The highest BCUT2D eigenvalue weighted by Crippen LogP contribution is 2.26. The van der Waals surface area contributed by atoms with Crippen molar-refractivity contribution in [3.63, 3.8) is 0 Å². The van der Waals surface area contributed by atoms with E-state index in [1.807, 2.05) is 23.6 Å². The fourth-order valence-electron chi connectivity index (χ4n) is 2.36. The highest BCUT2D eigenvalue weighted by molar-refractivity contribution is 7.89. The van der Waals surface area contributed by atoms with Gasteiger partial charge in [0, 0.05) is 12.7 Å². The first-order valence-corrected chi connectivity index (χ1v) is 10.0. The van der Waals surface area contributed by atoms with E-state index in [4.69, 9.17) is 0 Å². The molecule has 134 valence electrons. The van der Waals surface area contributed by atoms with Crippen LogP contribution in [0.4, 0.5) is 0 Å². The molecule has 0 fully saturated rings. The summed E-state index contributed by atoms with van der Waals surface area (Å²) in [5, 5.41) is 1.95. The largest absolute Gasteiger partial charge is 0.465 e. The monoisotopic (exact) mass is 388 g/mol. The van der Waals surface area contributed by atoms with Gasteiger partial charge in [0.25, 0.3) is 0 Å². The van der Waals surface area contributed by atoms with Gasteiger partial charge < -0.3 is 4.74 Å². The summed E-state index contributed by atoms with van der Waals surface area (Å²) in [5.41, 5.74) is 1.83. The number of thiophene rings is 1. The van der Waals surface area contributed by atoms with E-state index >= 15 is 0 Å². The molecule has 0 atom stereocenters. The number of nitrogens with zero attached hydrogens (tertiary/aromatic N) is 1. The molecular weight excluding hydrogens is 372 g/mol. The minimum Gasteiger partial charge on any atom is -0.465 e. The quantitative estimate of drug-likeness (QED) is 0.656. The van der Waals surface area contributed by atoms with Crippen molar-refractivity contribution < 1.29 is 17.9 Å². The van der Waals surface area contributed by atoms with E-state index in [0.29, 0.717) is 5.56 Å². The molecule has 0 aliphatic carbocycles. The SMILES string of the molecule is COC(=O)c1ccc(S(=O)(=O)NCc2cccnc2-c2cccs2)cc1. The van der Waals surface area contributed by atoms with Gasteiger partial charge in [-0.1, -0.05) is 12.1 Å². The van der Waals surface area contributed by atoms with Gasteiger partial charge in [-0.3, -0.25) is 4.98 Å². The first-order valence-electron chi connectivity index (χ1n) is 7.67. The van der Waals surface area contributed by atoms with Crippen LogP contribution in [0.5, 0.6) is 0 Å². The van der Waals surface area contributed by atoms with Crippen molar-refractivity contribution >= 4 is 27.3 Å². The van der Waals surface area contributed by atoms with Gasteiger partial charge in [-0.2, -0.15) is 0 Å². The number of hydrogen-bond donors (Lipinski definition) is 1. The van der Waals surface area contributed by atoms with E-state index in [1.54, 1.807) is 23.6 Å². The zero-order valence-electron chi connectivity index (χ0n) is 13.9. The highest BCUT2D eigenvalue weighted by Gasteiger charge is 2.16. The molecule has 0 aliphatic heterocycles. The maximum Gasteiger partial charge on any atom is 0.337 e. The summed E-state index contributed by atoms with van der Waals surface area (Å²) in [5.74, 6) is -0.516. The Morgan fingerprint density at radius 1 is 1.15 bits per heavy atom. The van der Waals surface area contributed by atoms with Crippen LogP contribution in [-0.2, 0) is 21.3 Å². The molecule has 8 heteroatoms. The minimum atomic E-state index is -3.72. The smallest absolute Gasteiger partial charge is 0.337 e. The third-order valence-electron chi connectivity index (χ3n) is 3.68. The Kier molecular flexibility index (Phi) is 5.46. The van der Waals surface area contributed by atoms with Gasteiger partial charge in [-0.05, 0) is 47.3 Å². The molecule has 0 saturated carbocycles. The molecule has 1 aromatic carbocycles. The predicted molar refractivity (Wildman–Crippen MR) is 99.4 cm³/mol. The van der Waals surface area contributed by atoms with Crippen molar-refractivity contribution in [1.29, 1.82) is 0 Å². The topological polar surface area (TPSA) is 85.4 Å². The highest BCUT2D eigenvalue weighted by atomic mass is 32.2. The van der Waals surface area contributed by atoms with E-state index in [2.05, 4.69) is 14.4 Å². The zero-order chi connectivity index (χ0) is 18.6. The maximum absolute atomic E-state index is 12.5. The van der Waals surface area contributed by atoms with Crippen LogP contribution in [0, 0.1) is 0 Å². The Balaban J connectivity index is 1.78. The number of benzene rings is 1. The van der Waals surface area contributed by atoms with Crippen LogP contribution in [0.25, 0.3) is 10.6 Å². The van der Waals surface area contributed by atoms with E-state index in [9.17, 15) is 13.2 Å². The van der Waals surface area contributed by atoms with E-state index in [-0.39, 0.29) is 11.4 Å². The molecule has 0 unspecified atom stereocenters.